The van der Waals surface area contributed by atoms with Crippen LogP contribution in [-0.4, -0.2) is 51.4 Å². The second kappa shape index (κ2) is 17.9. The van der Waals surface area contributed by atoms with Gasteiger partial charge in [-0.3, -0.25) is 13.9 Å². The van der Waals surface area contributed by atoms with Crippen LogP contribution in [0.4, 0.5) is 5.69 Å². The zero-order valence-electron chi connectivity index (χ0n) is 28.9. The number of hydrogen-bond donors (Lipinski definition) is 1. The van der Waals surface area contributed by atoms with Gasteiger partial charge >= 0.3 is 0 Å². The molecular formula is C41H43N3O6S. The Balaban J connectivity index is 1.55. The summed E-state index contributed by atoms with van der Waals surface area (Å²) in [4.78, 5) is 30.2. The summed E-state index contributed by atoms with van der Waals surface area (Å²) in [6.45, 7) is 1.97. The highest BCUT2D eigenvalue weighted by Crippen LogP contribution is 2.29. The minimum absolute atomic E-state index is 0.0277. The molecular weight excluding hydrogens is 663 g/mol. The van der Waals surface area contributed by atoms with Crippen LogP contribution in [0.3, 0.4) is 0 Å². The van der Waals surface area contributed by atoms with Gasteiger partial charge < -0.3 is 19.7 Å². The number of carbonyl (C=O) groups excluding carboxylic acids is 2. The topological polar surface area (TPSA) is 105 Å². The predicted octanol–water partition coefficient (Wildman–Crippen LogP) is 7.24. The molecule has 0 saturated heterocycles. The van der Waals surface area contributed by atoms with Crippen molar-refractivity contribution in [1.82, 2.24) is 10.2 Å². The highest BCUT2D eigenvalue weighted by molar-refractivity contribution is 7.92. The van der Waals surface area contributed by atoms with Crippen molar-refractivity contribution in [3.63, 3.8) is 0 Å². The molecule has 0 heterocycles. The third-order valence-corrected chi connectivity index (χ3v) is 10.1. The number of nitrogens with zero attached hydrogens (tertiary/aromatic N) is 2. The summed E-state index contributed by atoms with van der Waals surface area (Å²) in [5, 5.41) is 3.01. The number of benzene rings is 5. The standard InChI is InChI=1S/C41H43N3O6S/c1-3-4-27-42-41(46)39(29-32-15-8-5-9-16-32)43(30-33-17-14-20-37(28-33)49-2)40(45)31-44(51(47,48)38-21-12-7-13-22-38)34-23-25-36(26-24-34)50-35-18-10-6-11-19-35/h5-26,28,39H,3-4,27,29-31H2,1-2H3,(H,42,46)/t39-/m1/s1. The molecule has 5 rings (SSSR count). The second-order valence-electron chi connectivity index (χ2n) is 12.0. The Morgan fingerprint density at radius 2 is 1.31 bits per heavy atom. The van der Waals surface area contributed by atoms with Gasteiger partial charge in [-0.05, 0) is 78.2 Å². The maximum absolute atomic E-state index is 14.7. The molecule has 0 spiro atoms. The van der Waals surface area contributed by atoms with Gasteiger partial charge in [0.2, 0.25) is 11.8 Å². The van der Waals surface area contributed by atoms with Crippen LogP contribution < -0.4 is 19.1 Å². The number of anilines is 1. The molecule has 5 aromatic rings. The fourth-order valence-electron chi connectivity index (χ4n) is 5.58. The average Bonchev–Trinajstić information content (AvgIpc) is 3.16. The molecule has 0 fully saturated rings. The van der Waals surface area contributed by atoms with Gasteiger partial charge in [-0.25, -0.2) is 8.42 Å². The number of para-hydroxylation sites is 1. The lowest BCUT2D eigenvalue weighted by Crippen LogP contribution is -2.53. The van der Waals surface area contributed by atoms with E-state index < -0.39 is 28.5 Å². The van der Waals surface area contributed by atoms with Crippen molar-refractivity contribution in [3.05, 3.63) is 151 Å². The summed E-state index contributed by atoms with van der Waals surface area (Å²) in [5.41, 5.74) is 1.85. The molecule has 10 heteroatoms. The maximum atomic E-state index is 14.7. The summed E-state index contributed by atoms with van der Waals surface area (Å²) in [5.74, 6) is 0.860. The number of hydrogen-bond acceptors (Lipinski definition) is 6. The van der Waals surface area contributed by atoms with Crippen molar-refractivity contribution in [2.75, 3.05) is 24.5 Å². The highest BCUT2D eigenvalue weighted by atomic mass is 32.2. The van der Waals surface area contributed by atoms with Crippen molar-refractivity contribution >= 4 is 27.5 Å². The molecule has 1 N–H and O–H groups in total. The van der Waals surface area contributed by atoms with E-state index in [1.165, 1.54) is 17.0 Å². The van der Waals surface area contributed by atoms with E-state index in [0.717, 1.165) is 28.3 Å². The Bertz CT molecular complexity index is 1960. The summed E-state index contributed by atoms with van der Waals surface area (Å²) in [7, 11) is -2.68. The fraction of sp³-hybridized carbons (Fsp3) is 0.220. The zero-order valence-corrected chi connectivity index (χ0v) is 29.7. The van der Waals surface area contributed by atoms with E-state index in [4.69, 9.17) is 9.47 Å². The third-order valence-electron chi connectivity index (χ3n) is 8.30. The first-order valence-electron chi connectivity index (χ1n) is 16.9. The lowest BCUT2D eigenvalue weighted by Gasteiger charge is -2.34. The van der Waals surface area contributed by atoms with Gasteiger partial charge in [0.25, 0.3) is 10.0 Å². The van der Waals surface area contributed by atoms with Crippen LogP contribution >= 0.6 is 0 Å². The first kappa shape index (κ1) is 36.7. The first-order valence-corrected chi connectivity index (χ1v) is 18.4. The minimum Gasteiger partial charge on any atom is -0.497 e. The van der Waals surface area contributed by atoms with Crippen molar-refractivity contribution < 1.29 is 27.5 Å². The van der Waals surface area contributed by atoms with E-state index in [-0.39, 0.29) is 29.5 Å². The normalized spacial score (nSPS) is 11.6. The number of methoxy groups -OCH3 is 1. The molecule has 9 nitrogen and oxygen atoms in total. The SMILES string of the molecule is CCCCNC(=O)[C@@H](Cc1ccccc1)N(Cc1cccc(OC)c1)C(=O)CN(c1ccc(Oc2ccccc2)cc1)S(=O)(=O)c1ccccc1. The Hall–Kier alpha value is -5.61. The maximum Gasteiger partial charge on any atom is 0.264 e. The van der Waals surface area contributed by atoms with E-state index in [1.807, 2.05) is 79.7 Å². The van der Waals surface area contributed by atoms with E-state index in [9.17, 15) is 18.0 Å². The second-order valence-corrected chi connectivity index (χ2v) is 13.8. The molecule has 0 aromatic heterocycles. The van der Waals surface area contributed by atoms with E-state index in [2.05, 4.69) is 5.32 Å². The van der Waals surface area contributed by atoms with Crippen LogP contribution in [0.1, 0.15) is 30.9 Å². The van der Waals surface area contributed by atoms with Gasteiger partial charge in [0, 0.05) is 19.5 Å². The van der Waals surface area contributed by atoms with E-state index in [1.54, 1.807) is 61.7 Å². The number of sulfonamides is 1. The van der Waals surface area contributed by atoms with Crippen molar-refractivity contribution in [1.29, 1.82) is 0 Å². The molecule has 0 unspecified atom stereocenters. The molecule has 51 heavy (non-hydrogen) atoms. The molecule has 1 atom stereocenters. The fourth-order valence-corrected chi connectivity index (χ4v) is 7.02. The van der Waals surface area contributed by atoms with Crippen molar-refractivity contribution in [2.45, 2.75) is 43.7 Å². The average molecular weight is 706 g/mol. The van der Waals surface area contributed by atoms with Crippen LogP contribution in [0.2, 0.25) is 0 Å². The quantitative estimate of drug-likeness (QED) is 0.102. The van der Waals surface area contributed by atoms with E-state index >= 15 is 0 Å². The Kier molecular flexibility index (Phi) is 12.8. The summed E-state index contributed by atoms with van der Waals surface area (Å²) in [6.07, 6.45) is 1.89. The predicted molar refractivity (Wildman–Crippen MR) is 199 cm³/mol. The largest absolute Gasteiger partial charge is 0.497 e. The third kappa shape index (κ3) is 9.98. The van der Waals surface area contributed by atoms with Gasteiger partial charge in [-0.1, -0.05) is 92.2 Å². The number of nitrogens with one attached hydrogen (secondary N) is 1. The molecule has 0 bridgehead atoms. The Morgan fingerprint density at radius 1 is 0.725 bits per heavy atom. The number of ether oxygens (including phenoxy) is 2. The smallest absolute Gasteiger partial charge is 0.264 e. The molecule has 0 saturated carbocycles. The van der Waals surface area contributed by atoms with Crippen molar-refractivity contribution in [2.24, 2.45) is 0 Å². The highest BCUT2D eigenvalue weighted by Gasteiger charge is 2.34. The molecule has 0 aliphatic heterocycles. The Morgan fingerprint density at radius 3 is 1.96 bits per heavy atom. The number of rotatable bonds is 17. The van der Waals surface area contributed by atoms with Gasteiger partial charge in [0.05, 0.1) is 17.7 Å². The monoisotopic (exact) mass is 705 g/mol. The first-order chi connectivity index (χ1) is 24.8. The van der Waals surface area contributed by atoms with Gasteiger partial charge in [-0.2, -0.15) is 0 Å². The lowest BCUT2D eigenvalue weighted by molar-refractivity contribution is -0.140. The molecule has 0 aliphatic carbocycles. The summed E-state index contributed by atoms with van der Waals surface area (Å²) in [6, 6.07) is 39.6. The van der Waals surface area contributed by atoms with Crippen LogP contribution in [0.15, 0.2) is 144 Å². The molecule has 0 aliphatic rings. The molecule has 2 amide bonds. The summed E-state index contributed by atoms with van der Waals surface area (Å²) >= 11 is 0. The van der Waals surface area contributed by atoms with Crippen LogP contribution in [0.25, 0.3) is 0 Å². The van der Waals surface area contributed by atoms with Gasteiger partial charge in [0.15, 0.2) is 0 Å². The van der Waals surface area contributed by atoms with Crippen LogP contribution in [-0.2, 0) is 32.6 Å². The summed E-state index contributed by atoms with van der Waals surface area (Å²) < 4.78 is 41.1. The van der Waals surface area contributed by atoms with Gasteiger partial charge in [-0.15, -0.1) is 0 Å². The number of amides is 2. The van der Waals surface area contributed by atoms with E-state index in [0.29, 0.717) is 23.8 Å². The lowest BCUT2D eigenvalue weighted by atomic mass is 10.0. The molecule has 5 aromatic carbocycles. The van der Waals surface area contributed by atoms with Crippen molar-refractivity contribution in [3.8, 4) is 17.2 Å². The van der Waals surface area contributed by atoms with Crippen LogP contribution in [0.5, 0.6) is 17.2 Å². The zero-order chi connectivity index (χ0) is 36.1. The Labute approximate surface area is 300 Å². The van der Waals surface area contributed by atoms with Gasteiger partial charge in [0.1, 0.15) is 29.8 Å². The number of carbonyl (C=O) groups is 2. The number of unbranched alkanes of at least 4 members (excludes halogenated alkanes) is 1. The van der Waals surface area contributed by atoms with Crippen LogP contribution in [0, 0.1) is 0 Å². The minimum atomic E-state index is -4.24. The molecule has 264 valence electrons. The molecule has 0 radical (unpaired) electrons.